The van der Waals surface area contributed by atoms with Crippen LogP contribution in [0.4, 0.5) is 11.4 Å². The first-order valence-electron chi connectivity index (χ1n) is 5.23. The molecule has 2 rings (SSSR count). The summed E-state index contributed by atoms with van der Waals surface area (Å²) < 4.78 is 1.62. The van der Waals surface area contributed by atoms with E-state index < -0.39 is 9.85 Å². The first kappa shape index (κ1) is 13.2. The third-order valence-corrected chi connectivity index (χ3v) is 4.35. The van der Waals surface area contributed by atoms with E-state index in [-0.39, 0.29) is 26.3 Å². The summed E-state index contributed by atoms with van der Waals surface area (Å²) in [6.45, 7) is 0. The van der Waals surface area contributed by atoms with Gasteiger partial charge in [0.2, 0.25) is 0 Å². The third kappa shape index (κ3) is 3.37. The molecule has 0 aliphatic carbocycles. The minimum absolute atomic E-state index is 0.0322. The second kappa shape index (κ2) is 5.60. The summed E-state index contributed by atoms with van der Waals surface area (Å²) in [6, 6.07) is 12.6. The molecule has 2 aromatic carbocycles. The van der Waals surface area contributed by atoms with Gasteiger partial charge >= 0.3 is 114 Å². The maximum atomic E-state index is 10.7. The summed E-state index contributed by atoms with van der Waals surface area (Å²) >= 11 is -0.196. The molecule has 19 heavy (non-hydrogen) atoms. The molecule has 0 saturated carbocycles. The van der Waals surface area contributed by atoms with Gasteiger partial charge < -0.3 is 0 Å². The third-order valence-electron chi connectivity index (χ3n) is 2.29. The minimum atomic E-state index is -0.451. The zero-order chi connectivity index (χ0) is 13.8. The molecule has 0 radical (unpaired) electrons. The van der Waals surface area contributed by atoms with Gasteiger partial charge in [0.25, 0.3) is 0 Å². The quantitative estimate of drug-likeness (QED) is 0.480. The molecule has 0 heterocycles. The van der Waals surface area contributed by atoms with Gasteiger partial charge in [0.1, 0.15) is 0 Å². The molecule has 7 heteroatoms. The summed E-state index contributed by atoms with van der Waals surface area (Å²) in [5.41, 5.74) is 0.0645. The maximum absolute atomic E-state index is 10.7. The van der Waals surface area contributed by atoms with Crippen molar-refractivity contribution in [3.05, 3.63) is 68.8 Å². The van der Waals surface area contributed by atoms with Crippen LogP contribution < -0.4 is 8.92 Å². The van der Waals surface area contributed by atoms with Crippen LogP contribution >= 0.6 is 0 Å². The number of benzene rings is 2. The van der Waals surface area contributed by atoms with E-state index >= 15 is 0 Å². The van der Waals surface area contributed by atoms with Crippen LogP contribution in [0.15, 0.2) is 48.5 Å². The van der Waals surface area contributed by atoms with Crippen molar-refractivity contribution in [1.82, 2.24) is 0 Å². The topological polar surface area (TPSA) is 86.3 Å². The van der Waals surface area contributed by atoms with Crippen molar-refractivity contribution in [2.45, 2.75) is 0 Å². The molecule has 0 aliphatic heterocycles. The van der Waals surface area contributed by atoms with E-state index in [0.29, 0.717) is 0 Å². The Morgan fingerprint density at radius 3 is 1.58 bits per heavy atom. The molecule has 0 saturated heterocycles. The normalized spacial score (nSPS) is 10.1. The van der Waals surface area contributed by atoms with Gasteiger partial charge in [0.15, 0.2) is 0 Å². The van der Waals surface area contributed by atoms with Crippen molar-refractivity contribution in [3.8, 4) is 0 Å². The Hall–Kier alpha value is -2.24. The average Bonchev–Trinajstić information content (AvgIpc) is 2.39. The van der Waals surface area contributed by atoms with Crippen molar-refractivity contribution in [1.29, 1.82) is 0 Å². The Kier molecular flexibility index (Phi) is 3.89. The van der Waals surface area contributed by atoms with Crippen molar-refractivity contribution in [2.75, 3.05) is 0 Å². The van der Waals surface area contributed by atoms with Gasteiger partial charge in [-0.1, -0.05) is 0 Å². The average molecular weight is 323 g/mol. The standard InChI is InChI=1S/C12H8N2O4Se/c15-13(16)9-3-1-5-11(7-9)19-12-6-2-4-10(8-12)14(17)18/h1-8H. The van der Waals surface area contributed by atoms with Crippen molar-refractivity contribution in [3.63, 3.8) is 0 Å². The number of non-ortho nitro benzene ring substituents is 2. The number of nitrogens with zero attached hydrogens (tertiary/aromatic N) is 2. The molecule has 0 aliphatic rings. The van der Waals surface area contributed by atoms with Crippen molar-refractivity contribution in [2.24, 2.45) is 0 Å². The Bertz CT molecular complexity index is 590. The Labute approximate surface area is 114 Å². The van der Waals surface area contributed by atoms with Gasteiger partial charge in [-0.05, 0) is 0 Å². The van der Waals surface area contributed by atoms with Crippen LogP contribution in [-0.4, -0.2) is 24.8 Å². The van der Waals surface area contributed by atoms with Crippen molar-refractivity contribution < 1.29 is 9.85 Å². The molecule has 2 aromatic rings. The van der Waals surface area contributed by atoms with Crippen LogP contribution in [0.25, 0.3) is 0 Å². The number of hydrogen-bond donors (Lipinski definition) is 0. The number of rotatable bonds is 4. The van der Waals surface area contributed by atoms with Crippen LogP contribution in [0, 0.1) is 20.2 Å². The molecule has 0 amide bonds. The predicted molar refractivity (Wildman–Crippen MR) is 71.2 cm³/mol. The second-order valence-corrected chi connectivity index (χ2v) is 6.02. The van der Waals surface area contributed by atoms with E-state index in [2.05, 4.69) is 0 Å². The molecule has 0 atom stereocenters. The molecule has 0 N–H and O–H groups in total. The van der Waals surface area contributed by atoms with Crippen LogP contribution in [0.5, 0.6) is 0 Å². The molecule has 96 valence electrons. The van der Waals surface area contributed by atoms with Gasteiger partial charge in [-0.15, -0.1) is 0 Å². The fourth-order valence-corrected chi connectivity index (χ4v) is 3.40. The summed E-state index contributed by atoms with van der Waals surface area (Å²) in [5, 5.41) is 21.3. The Balaban J connectivity index is 2.26. The van der Waals surface area contributed by atoms with Crippen LogP contribution in [0.3, 0.4) is 0 Å². The first-order chi connectivity index (χ1) is 9.06. The zero-order valence-electron chi connectivity index (χ0n) is 9.55. The monoisotopic (exact) mass is 324 g/mol. The molecule has 0 spiro atoms. The SMILES string of the molecule is O=[N+]([O-])c1cccc([Se]c2cccc([N+](=O)[O-])c2)c1. The first-order valence-corrected chi connectivity index (χ1v) is 6.94. The second-order valence-electron chi connectivity index (χ2n) is 3.61. The van der Waals surface area contributed by atoms with E-state index in [1.54, 1.807) is 24.3 Å². The Morgan fingerprint density at radius 2 is 1.21 bits per heavy atom. The molecule has 6 nitrogen and oxygen atoms in total. The summed E-state index contributed by atoms with van der Waals surface area (Å²) in [6.07, 6.45) is 0. The zero-order valence-corrected chi connectivity index (χ0v) is 11.3. The molecule has 0 bridgehead atoms. The van der Waals surface area contributed by atoms with E-state index in [0.717, 1.165) is 8.92 Å². The number of nitro groups is 2. The summed E-state index contributed by atoms with van der Waals surface area (Å²) in [4.78, 5) is 20.4. The van der Waals surface area contributed by atoms with Crippen LogP contribution in [0.2, 0.25) is 0 Å². The van der Waals surface area contributed by atoms with E-state index in [4.69, 9.17) is 0 Å². The van der Waals surface area contributed by atoms with E-state index in [1.165, 1.54) is 24.3 Å². The molecular formula is C12H8N2O4Se. The summed E-state index contributed by atoms with van der Waals surface area (Å²) in [7, 11) is 0. The van der Waals surface area contributed by atoms with Crippen molar-refractivity contribution >= 4 is 35.3 Å². The number of hydrogen-bond acceptors (Lipinski definition) is 4. The predicted octanol–water partition coefficient (Wildman–Crippen LogP) is 1.16. The van der Waals surface area contributed by atoms with Gasteiger partial charge in [-0.2, -0.15) is 0 Å². The van der Waals surface area contributed by atoms with Crippen LogP contribution in [0.1, 0.15) is 0 Å². The number of nitro benzene ring substituents is 2. The van der Waals surface area contributed by atoms with Gasteiger partial charge in [-0.25, -0.2) is 0 Å². The Morgan fingerprint density at radius 1 is 0.789 bits per heavy atom. The van der Waals surface area contributed by atoms with Crippen LogP contribution in [-0.2, 0) is 0 Å². The van der Waals surface area contributed by atoms with Gasteiger partial charge in [-0.3, -0.25) is 0 Å². The van der Waals surface area contributed by atoms with Gasteiger partial charge in [0, 0.05) is 0 Å². The fourth-order valence-electron chi connectivity index (χ4n) is 1.46. The molecule has 0 fully saturated rings. The van der Waals surface area contributed by atoms with Gasteiger partial charge in [0.05, 0.1) is 0 Å². The summed E-state index contributed by atoms with van der Waals surface area (Å²) in [5.74, 6) is 0. The van der Waals surface area contributed by atoms with E-state index in [9.17, 15) is 20.2 Å². The van der Waals surface area contributed by atoms with E-state index in [1.807, 2.05) is 0 Å². The molecular weight excluding hydrogens is 315 g/mol. The molecule has 0 aromatic heterocycles. The molecule has 0 unspecified atom stereocenters. The fraction of sp³-hybridized carbons (Fsp3) is 0.